The van der Waals surface area contributed by atoms with E-state index in [9.17, 15) is 14.7 Å². The summed E-state index contributed by atoms with van der Waals surface area (Å²) in [5.74, 6) is 0.354. The number of carboxylic acids is 1. The molecule has 2 aliphatic carbocycles. The Morgan fingerprint density at radius 2 is 1.63 bits per heavy atom. The monoisotopic (exact) mass is 522 g/mol. The fourth-order valence-electron chi connectivity index (χ4n) is 8.11. The normalized spacial score (nSPS) is 31.8. The van der Waals surface area contributed by atoms with Gasteiger partial charge in [0.2, 0.25) is 5.71 Å². The van der Waals surface area contributed by atoms with E-state index in [0.717, 1.165) is 43.0 Å². The molecule has 204 valence electrons. The molecule has 4 fully saturated rings. The number of aliphatic hydroxyl groups excluding tert-OH is 1. The Morgan fingerprint density at radius 3 is 2.29 bits per heavy atom. The van der Waals surface area contributed by atoms with E-state index in [2.05, 4.69) is 15.0 Å². The highest BCUT2D eigenvalue weighted by atomic mass is 16.6. The molecular formula is C29H38N4O5. The first kappa shape index (κ1) is 25.5. The van der Waals surface area contributed by atoms with Gasteiger partial charge in [-0.05, 0) is 68.9 Å². The number of aromatic nitrogens is 2. The number of fused-ring (bicyclic) bond motifs is 5. The Bertz CT molecular complexity index is 1250. The number of aliphatic hydroxyl groups is 1. The molecule has 4 aliphatic rings. The number of carbonyl (C=O) groups is 1. The molecule has 3 heterocycles. The van der Waals surface area contributed by atoms with Gasteiger partial charge in [-0.2, -0.15) is 0 Å². The molecule has 2 aliphatic heterocycles. The molecule has 1 unspecified atom stereocenters. The Hall–Kier alpha value is -2.78. The maximum absolute atomic E-state index is 13.9. The van der Waals surface area contributed by atoms with Crippen LogP contribution in [-0.4, -0.2) is 67.7 Å². The van der Waals surface area contributed by atoms with Gasteiger partial charge in [-0.15, -0.1) is 0 Å². The molecule has 9 heteroatoms. The van der Waals surface area contributed by atoms with Gasteiger partial charge < -0.3 is 19.6 Å². The van der Waals surface area contributed by atoms with Crippen molar-refractivity contribution in [2.24, 2.45) is 17.0 Å². The van der Waals surface area contributed by atoms with Gasteiger partial charge in [-0.25, -0.2) is 9.78 Å². The number of nitrogens with zero attached hydrogens (tertiary/aromatic N) is 4. The predicted molar refractivity (Wildman–Crippen MR) is 143 cm³/mol. The van der Waals surface area contributed by atoms with Crippen LogP contribution in [0.25, 0.3) is 11.0 Å². The Labute approximate surface area is 222 Å². The van der Waals surface area contributed by atoms with Crippen LogP contribution in [0.1, 0.15) is 82.4 Å². The summed E-state index contributed by atoms with van der Waals surface area (Å²) in [4.78, 5) is 38.1. The highest BCUT2D eigenvalue weighted by Crippen LogP contribution is 2.47. The molecule has 2 N–H and O–H groups in total. The van der Waals surface area contributed by atoms with Gasteiger partial charge in [0.1, 0.15) is 6.61 Å². The van der Waals surface area contributed by atoms with E-state index >= 15 is 0 Å². The Morgan fingerprint density at radius 1 is 0.947 bits per heavy atom. The number of benzene rings is 1. The second-order valence-electron chi connectivity index (χ2n) is 11.8. The highest BCUT2D eigenvalue weighted by molar-refractivity contribution is 6.41. The molecule has 2 saturated carbocycles. The minimum atomic E-state index is -1.39. The lowest BCUT2D eigenvalue weighted by molar-refractivity contribution is -0.129. The Balaban J connectivity index is 1.33. The first-order valence-electron chi connectivity index (χ1n) is 14.4. The van der Waals surface area contributed by atoms with Crippen molar-refractivity contribution in [1.82, 2.24) is 14.5 Å². The summed E-state index contributed by atoms with van der Waals surface area (Å²) < 4.78 is 1.78. The van der Waals surface area contributed by atoms with Crippen LogP contribution in [-0.2, 0) is 9.63 Å². The van der Waals surface area contributed by atoms with Crippen LogP contribution < -0.4 is 5.56 Å². The molecule has 0 spiro atoms. The Kier molecular flexibility index (Phi) is 7.22. The van der Waals surface area contributed by atoms with Crippen molar-refractivity contribution in [2.75, 3.05) is 13.2 Å². The second-order valence-corrected chi connectivity index (χ2v) is 11.8. The lowest BCUT2D eigenvalue weighted by Crippen LogP contribution is -2.52. The SMILES string of the molecule is O=C(O)/C(=N\OCCO)c1nc2ccccc2n(C2C[C@H]3CC[C@@H](C2)N3C2C[C@H]3CCCC[C@H](C2)C3)c1=O. The summed E-state index contributed by atoms with van der Waals surface area (Å²) in [5.41, 5.74) is 0.0839. The first-order chi connectivity index (χ1) is 18.5. The molecule has 2 saturated heterocycles. The minimum Gasteiger partial charge on any atom is -0.476 e. The molecule has 0 amide bonds. The third-order valence-corrected chi connectivity index (χ3v) is 9.46. The number of aliphatic carboxylic acids is 1. The van der Waals surface area contributed by atoms with Crippen molar-refractivity contribution in [3.63, 3.8) is 0 Å². The molecule has 0 radical (unpaired) electrons. The maximum atomic E-state index is 13.9. The standard InChI is InChI=1S/C29H38N4O5/c34-11-12-38-31-27(29(36)37)26-28(35)33(25-8-4-3-7-24(25)30-26)23-16-20-9-10-21(17-23)32(20)22-14-18-5-1-2-6-19(13-18)15-22/h3-4,7-8,18-23,34H,1-2,5-6,9-17H2,(H,36,37)/b31-27-/t18-,19-,20-,21+,23?/m0/s1. The van der Waals surface area contributed by atoms with E-state index in [0.29, 0.717) is 23.6 Å². The third-order valence-electron chi connectivity index (χ3n) is 9.46. The van der Waals surface area contributed by atoms with Gasteiger partial charge in [0.25, 0.3) is 5.56 Å². The summed E-state index contributed by atoms with van der Waals surface area (Å²) in [6.07, 6.45) is 13.7. The van der Waals surface area contributed by atoms with Crippen molar-refractivity contribution < 1.29 is 19.8 Å². The highest BCUT2D eigenvalue weighted by Gasteiger charge is 2.47. The van der Waals surface area contributed by atoms with Crippen LogP contribution in [0.5, 0.6) is 0 Å². The molecule has 6 rings (SSSR count). The number of oxime groups is 1. The zero-order valence-electron chi connectivity index (χ0n) is 21.9. The zero-order chi connectivity index (χ0) is 26.2. The van der Waals surface area contributed by atoms with Gasteiger partial charge in [0, 0.05) is 24.2 Å². The summed E-state index contributed by atoms with van der Waals surface area (Å²) in [6, 6.07) is 8.96. The fourth-order valence-corrected chi connectivity index (χ4v) is 8.11. The zero-order valence-corrected chi connectivity index (χ0v) is 21.9. The minimum absolute atomic E-state index is 0.0258. The van der Waals surface area contributed by atoms with Gasteiger partial charge in [0.15, 0.2) is 5.69 Å². The van der Waals surface area contributed by atoms with Gasteiger partial charge in [0.05, 0.1) is 17.6 Å². The lowest BCUT2D eigenvalue weighted by Gasteiger charge is -2.48. The van der Waals surface area contributed by atoms with E-state index in [1.807, 2.05) is 18.2 Å². The number of para-hydroxylation sites is 2. The average molecular weight is 523 g/mol. The third kappa shape index (κ3) is 4.75. The number of hydrogen-bond acceptors (Lipinski definition) is 7. The first-order valence-corrected chi connectivity index (χ1v) is 14.4. The van der Waals surface area contributed by atoms with Crippen LogP contribution in [0, 0.1) is 11.8 Å². The lowest BCUT2D eigenvalue weighted by atomic mass is 9.76. The summed E-state index contributed by atoms with van der Waals surface area (Å²) in [6.45, 7) is -0.473. The van der Waals surface area contributed by atoms with Crippen molar-refractivity contribution >= 4 is 22.7 Å². The molecule has 38 heavy (non-hydrogen) atoms. The number of piperidine rings is 1. The molecule has 9 nitrogen and oxygen atoms in total. The number of carboxylic acid groups (broad SMARTS) is 1. The number of hydrogen-bond donors (Lipinski definition) is 2. The van der Waals surface area contributed by atoms with E-state index in [1.165, 1.54) is 44.9 Å². The smallest absolute Gasteiger partial charge is 0.360 e. The van der Waals surface area contributed by atoms with E-state index < -0.39 is 17.2 Å². The molecule has 1 aromatic carbocycles. The fraction of sp³-hybridized carbons (Fsp3) is 0.655. The van der Waals surface area contributed by atoms with Gasteiger partial charge in [-0.3, -0.25) is 9.69 Å². The van der Waals surface area contributed by atoms with Crippen molar-refractivity contribution in [3.05, 3.63) is 40.3 Å². The van der Waals surface area contributed by atoms with Gasteiger partial charge >= 0.3 is 5.97 Å². The average Bonchev–Trinajstić information content (AvgIpc) is 3.06. The molecule has 2 aromatic rings. The van der Waals surface area contributed by atoms with E-state index in [-0.39, 0.29) is 24.9 Å². The molecule has 1 aromatic heterocycles. The number of rotatable bonds is 7. The van der Waals surface area contributed by atoms with Crippen LogP contribution in [0.2, 0.25) is 0 Å². The largest absolute Gasteiger partial charge is 0.476 e. The van der Waals surface area contributed by atoms with Crippen LogP contribution in [0.15, 0.2) is 34.2 Å². The quantitative estimate of drug-likeness (QED) is 0.323. The maximum Gasteiger partial charge on any atom is 0.360 e. The second kappa shape index (κ2) is 10.8. The van der Waals surface area contributed by atoms with E-state index in [1.54, 1.807) is 10.6 Å². The van der Waals surface area contributed by atoms with E-state index in [4.69, 9.17) is 9.94 Å². The molecule has 4 bridgehead atoms. The summed E-state index contributed by atoms with van der Waals surface area (Å²) in [5, 5.41) is 22.5. The summed E-state index contributed by atoms with van der Waals surface area (Å²) >= 11 is 0. The molecule has 5 atom stereocenters. The van der Waals surface area contributed by atoms with Gasteiger partial charge in [-0.1, -0.05) is 43.0 Å². The predicted octanol–water partition coefficient (Wildman–Crippen LogP) is 3.72. The van der Waals surface area contributed by atoms with Crippen LogP contribution in [0.3, 0.4) is 0 Å². The topological polar surface area (TPSA) is 117 Å². The van der Waals surface area contributed by atoms with Crippen molar-refractivity contribution in [1.29, 1.82) is 0 Å². The van der Waals surface area contributed by atoms with Crippen LogP contribution in [0.4, 0.5) is 0 Å². The van der Waals surface area contributed by atoms with Crippen LogP contribution >= 0.6 is 0 Å². The summed E-state index contributed by atoms with van der Waals surface area (Å²) in [7, 11) is 0. The molecular weight excluding hydrogens is 484 g/mol. The van der Waals surface area contributed by atoms with Crippen molar-refractivity contribution in [2.45, 2.75) is 94.8 Å². The van der Waals surface area contributed by atoms with Crippen molar-refractivity contribution in [3.8, 4) is 0 Å².